The molecule has 0 aromatic carbocycles. The molecule has 0 spiro atoms. The first-order chi connectivity index (χ1) is 13.3. The summed E-state index contributed by atoms with van der Waals surface area (Å²) in [7, 11) is 1.29. The number of hydrogen-bond acceptors (Lipinski definition) is 7. The zero-order chi connectivity index (χ0) is 20.8. The Balaban J connectivity index is 2.55. The summed E-state index contributed by atoms with van der Waals surface area (Å²) < 4.78 is 15.2. The van der Waals surface area contributed by atoms with E-state index < -0.39 is 23.9 Å². The first kappa shape index (κ1) is 21.3. The molecule has 0 fully saturated rings. The highest BCUT2D eigenvalue weighted by Crippen LogP contribution is 2.37. The number of dihydropyridines is 1. The molecule has 2 aliphatic heterocycles. The Bertz CT molecular complexity index is 751. The van der Waals surface area contributed by atoms with E-state index in [1.807, 2.05) is 0 Å². The van der Waals surface area contributed by atoms with Crippen molar-refractivity contribution in [2.24, 2.45) is 5.92 Å². The molecule has 0 unspecified atom stereocenters. The van der Waals surface area contributed by atoms with Crippen molar-refractivity contribution in [1.82, 2.24) is 10.2 Å². The van der Waals surface area contributed by atoms with Gasteiger partial charge in [-0.25, -0.2) is 14.4 Å². The highest BCUT2D eigenvalue weighted by atomic mass is 16.5. The molecule has 0 atom stereocenters. The van der Waals surface area contributed by atoms with Crippen molar-refractivity contribution in [1.29, 1.82) is 0 Å². The summed E-state index contributed by atoms with van der Waals surface area (Å²) in [5.41, 5.74) is 2.51. The second-order valence-corrected chi connectivity index (χ2v) is 6.26. The van der Waals surface area contributed by atoms with E-state index in [0.717, 1.165) is 0 Å². The summed E-state index contributed by atoms with van der Waals surface area (Å²) in [5.74, 6) is -1.74. The minimum atomic E-state index is -0.698. The number of ether oxygens (including phenoxy) is 3. The monoisotopic (exact) mass is 390 g/mol. The molecule has 0 bridgehead atoms. The molecule has 0 aliphatic carbocycles. The Kier molecular flexibility index (Phi) is 7.03. The molecule has 8 nitrogen and oxygen atoms in total. The zero-order valence-electron chi connectivity index (χ0n) is 16.8. The van der Waals surface area contributed by atoms with Gasteiger partial charge in [0.15, 0.2) is 0 Å². The predicted octanol–water partition coefficient (Wildman–Crippen LogP) is 2.40. The van der Waals surface area contributed by atoms with Gasteiger partial charge in [0.05, 0.1) is 38.0 Å². The van der Waals surface area contributed by atoms with Gasteiger partial charge in [0.25, 0.3) is 0 Å². The smallest absolute Gasteiger partial charge is 0.413 e. The third-order valence-electron chi connectivity index (χ3n) is 4.46. The highest BCUT2D eigenvalue weighted by molar-refractivity contribution is 5.99. The third kappa shape index (κ3) is 4.27. The number of nitrogens with zero attached hydrogens (tertiary/aromatic N) is 1. The average molecular weight is 390 g/mol. The van der Waals surface area contributed by atoms with Crippen LogP contribution in [-0.4, -0.2) is 49.8 Å². The summed E-state index contributed by atoms with van der Waals surface area (Å²) in [5, 5.41) is 3.08. The van der Waals surface area contributed by atoms with Crippen molar-refractivity contribution in [3.05, 3.63) is 46.5 Å². The van der Waals surface area contributed by atoms with E-state index in [4.69, 9.17) is 14.2 Å². The quantitative estimate of drug-likeness (QED) is 0.569. The molecular formula is C20H26N2O6. The molecule has 1 N–H and O–H groups in total. The number of esters is 2. The van der Waals surface area contributed by atoms with Gasteiger partial charge < -0.3 is 19.5 Å². The van der Waals surface area contributed by atoms with E-state index in [1.54, 1.807) is 46.0 Å². The summed E-state index contributed by atoms with van der Waals surface area (Å²) >= 11 is 0. The highest BCUT2D eigenvalue weighted by Gasteiger charge is 2.39. The second-order valence-electron chi connectivity index (χ2n) is 6.26. The van der Waals surface area contributed by atoms with Crippen LogP contribution in [0.5, 0.6) is 0 Å². The van der Waals surface area contributed by atoms with Gasteiger partial charge in [-0.3, -0.25) is 4.90 Å². The van der Waals surface area contributed by atoms with Crippen LogP contribution in [0, 0.1) is 5.92 Å². The fourth-order valence-electron chi connectivity index (χ4n) is 3.33. The normalized spacial score (nSPS) is 17.2. The van der Waals surface area contributed by atoms with Gasteiger partial charge in [-0.05, 0) is 39.3 Å². The van der Waals surface area contributed by atoms with Gasteiger partial charge in [0.2, 0.25) is 0 Å². The van der Waals surface area contributed by atoms with Crippen LogP contribution in [0.4, 0.5) is 4.79 Å². The maximum atomic E-state index is 12.7. The van der Waals surface area contributed by atoms with Gasteiger partial charge in [-0.15, -0.1) is 0 Å². The summed E-state index contributed by atoms with van der Waals surface area (Å²) in [4.78, 5) is 38.8. The molecule has 0 saturated heterocycles. The van der Waals surface area contributed by atoms with E-state index >= 15 is 0 Å². The Labute approximate surface area is 164 Å². The number of methoxy groups -OCH3 is 1. The van der Waals surface area contributed by atoms with E-state index in [9.17, 15) is 14.4 Å². The van der Waals surface area contributed by atoms with Gasteiger partial charge in [0, 0.05) is 23.5 Å². The largest absolute Gasteiger partial charge is 0.463 e. The third-order valence-corrected chi connectivity index (χ3v) is 4.46. The molecule has 2 heterocycles. The Morgan fingerprint density at radius 2 is 1.61 bits per heavy atom. The number of carbonyl (C=O) groups excluding carboxylic acids is 3. The number of carbonyl (C=O) groups is 3. The maximum absolute atomic E-state index is 12.7. The van der Waals surface area contributed by atoms with Crippen LogP contribution in [0.3, 0.4) is 0 Å². The van der Waals surface area contributed by atoms with Crippen molar-refractivity contribution >= 4 is 18.0 Å². The van der Waals surface area contributed by atoms with Crippen molar-refractivity contribution in [3.63, 3.8) is 0 Å². The molecule has 28 heavy (non-hydrogen) atoms. The number of nitrogens with one attached hydrogen (secondary N) is 1. The number of rotatable bonds is 5. The molecule has 152 valence electrons. The van der Waals surface area contributed by atoms with Crippen molar-refractivity contribution in [3.8, 4) is 0 Å². The lowest BCUT2D eigenvalue weighted by atomic mass is 9.79. The first-order valence-corrected chi connectivity index (χ1v) is 9.10. The molecule has 0 radical (unpaired) electrons. The van der Waals surface area contributed by atoms with Gasteiger partial charge in [-0.2, -0.15) is 0 Å². The van der Waals surface area contributed by atoms with Crippen LogP contribution in [0.15, 0.2) is 46.5 Å². The van der Waals surface area contributed by atoms with Crippen LogP contribution in [-0.2, 0) is 23.8 Å². The lowest BCUT2D eigenvalue weighted by Crippen LogP contribution is -2.38. The molecule has 0 aromatic heterocycles. The second kappa shape index (κ2) is 9.25. The fraction of sp³-hybridized carbons (Fsp3) is 0.450. The number of hydrogen-bond donors (Lipinski definition) is 1. The molecule has 8 heteroatoms. The Morgan fingerprint density at radius 1 is 1.07 bits per heavy atom. The Hall–Kier alpha value is -3.03. The van der Waals surface area contributed by atoms with Gasteiger partial charge in [-0.1, -0.05) is 6.08 Å². The van der Waals surface area contributed by atoms with Crippen LogP contribution < -0.4 is 5.32 Å². The van der Waals surface area contributed by atoms with E-state index in [-0.39, 0.29) is 19.8 Å². The molecule has 2 rings (SSSR count). The fourth-order valence-corrected chi connectivity index (χ4v) is 3.33. The van der Waals surface area contributed by atoms with E-state index in [2.05, 4.69) is 5.32 Å². The minimum Gasteiger partial charge on any atom is -0.463 e. The van der Waals surface area contributed by atoms with Crippen LogP contribution in [0.2, 0.25) is 0 Å². The van der Waals surface area contributed by atoms with E-state index in [1.165, 1.54) is 12.0 Å². The molecule has 0 aromatic rings. The van der Waals surface area contributed by atoms with Crippen LogP contribution in [0.25, 0.3) is 0 Å². The lowest BCUT2D eigenvalue weighted by molar-refractivity contribution is -0.139. The predicted molar refractivity (Wildman–Crippen MR) is 102 cm³/mol. The topological polar surface area (TPSA) is 94.2 Å². The van der Waals surface area contributed by atoms with Crippen molar-refractivity contribution < 1.29 is 28.6 Å². The molecule has 1 amide bonds. The van der Waals surface area contributed by atoms with Crippen LogP contribution in [0.1, 0.15) is 27.7 Å². The van der Waals surface area contributed by atoms with Crippen molar-refractivity contribution in [2.45, 2.75) is 27.7 Å². The summed E-state index contributed by atoms with van der Waals surface area (Å²) in [6.45, 7) is 7.51. The number of amides is 1. The SMILES string of the molecule is CCOC(=O)C1=C(C)NC(C)=C(C(=O)OCC)C1C1=CC=CN(C(=O)OC)C1. The Morgan fingerprint density at radius 3 is 2.07 bits per heavy atom. The summed E-state index contributed by atoms with van der Waals surface area (Å²) in [6.07, 6.45) is 4.51. The average Bonchev–Trinajstić information content (AvgIpc) is 2.67. The van der Waals surface area contributed by atoms with Crippen molar-refractivity contribution in [2.75, 3.05) is 26.9 Å². The molecule has 0 saturated carbocycles. The summed E-state index contributed by atoms with van der Waals surface area (Å²) in [6, 6.07) is 0. The molecule has 2 aliphatic rings. The standard InChI is InChI=1S/C20H26N2O6/c1-6-27-18(23)15-12(3)21-13(4)16(19(24)28-7-2)17(15)14-9-8-10-22(11-14)20(25)26-5/h8-10,17,21H,6-7,11H2,1-5H3. The zero-order valence-corrected chi connectivity index (χ0v) is 16.8. The first-order valence-electron chi connectivity index (χ1n) is 9.10. The molecular weight excluding hydrogens is 364 g/mol. The maximum Gasteiger partial charge on any atom is 0.413 e. The van der Waals surface area contributed by atoms with Gasteiger partial charge >= 0.3 is 18.0 Å². The minimum absolute atomic E-state index is 0.167. The van der Waals surface area contributed by atoms with E-state index in [0.29, 0.717) is 28.1 Å². The van der Waals surface area contributed by atoms with Gasteiger partial charge in [0.1, 0.15) is 0 Å². The lowest BCUT2D eigenvalue weighted by Gasteiger charge is -2.33. The number of allylic oxidation sites excluding steroid dienone is 4. The van der Waals surface area contributed by atoms with Crippen LogP contribution >= 0.6 is 0 Å².